The molecule has 0 spiro atoms. The van der Waals surface area contributed by atoms with Gasteiger partial charge in [0.15, 0.2) is 0 Å². The zero-order valence-electron chi connectivity index (χ0n) is 19.7. The van der Waals surface area contributed by atoms with Crippen molar-refractivity contribution in [2.75, 3.05) is 0 Å². The molecule has 8 N–H and O–H groups in total. The topological polar surface area (TPSA) is 202 Å². The first-order chi connectivity index (χ1) is 15.9. The molecule has 0 unspecified atom stereocenters. The van der Waals surface area contributed by atoms with Crippen molar-refractivity contribution in [1.29, 1.82) is 0 Å². The summed E-state index contributed by atoms with van der Waals surface area (Å²) in [4.78, 5) is 56.1. The van der Waals surface area contributed by atoms with Crippen molar-refractivity contribution in [3.05, 3.63) is 37.4 Å². The van der Waals surface area contributed by atoms with Gasteiger partial charge in [0.25, 0.3) is 0 Å². The van der Waals surface area contributed by atoms with Crippen LogP contribution in [0, 0.1) is 0 Å². The van der Waals surface area contributed by atoms with Crippen molar-refractivity contribution in [3.8, 4) is 0 Å². The maximum Gasteiger partial charge on any atom is 0.318 e. The van der Waals surface area contributed by atoms with E-state index in [2.05, 4.69) is 51.8 Å². The third-order valence-corrected chi connectivity index (χ3v) is 7.30. The number of nitrogens with one attached hydrogen (secondary N) is 4. The molecule has 14 heteroatoms. The van der Waals surface area contributed by atoms with E-state index in [0.29, 0.717) is 25.7 Å². The zero-order valence-corrected chi connectivity index (χ0v) is 22.9. The highest BCUT2D eigenvalue weighted by Gasteiger charge is 2.32. The number of urea groups is 2. The van der Waals surface area contributed by atoms with Gasteiger partial charge in [0.2, 0.25) is 11.8 Å². The van der Waals surface area contributed by atoms with Gasteiger partial charge in [-0.1, -0.05) is 59.6 Å². The second-order valence-electron chi connectivity index (χ2n) is 6.50. The van der Waals surface area contributed by atoms with E-state index in [-0.39, 0.29) is 11.8 Å². The van der Waals surface area contributed by atoms with E-state index in [4.69, 9.17) is 11.5 Å². The fourth-order valence-corrected chi connectivity index (χ4v) is 2.22. The molecule has 6 amide bonds. The zero-order chi connectivity index (χ0) is 26.6. The first-order valence-electron chi connectivity index (χ1n) is 10.4. The number of imide groups is 2. The van der Waals surface area contributed by atoms with Gasteiger partial charge in [-0.05, 0) is 25.7 Å². The van der Waals surface area contributed by atoms with E-state index in [1.165, 1.54) is 0 Å². The first-order valence-corrected chi connectivity index (χ1v) is 12.0. The lowest BCUT2D eigenvalue weighted by molar-refractivity contribution is -0.123. The highest BCUT2D eigenvalue weighted by Crippen LogP contribution is 2.26. The number of hydrogen-bond acceptors (Lipinski definition) is 6. The number of primary amides is 2. The maximum absolute atomic E-state index is 11.3. The summed E-state index contributed by atoms with van der Waals surface area (Å²) in [6, 6.07) is -1.63. The number of rotatable bonds is 6. The Labute approximate surface area is 216 Å². The molecule has 2 aromatic rings. The summed E-state index contributed by atoms with van der Waals surface area (Å²) in [5.74, 6) is -0.750. The number of imidazole rings is 2. The van der Waals surface area contributed by atoms with E-state index in [0.717, 1.165) is 0 Å². The first kappa shape index (κ1) is 33.4. The van der Waals surface area contributed by atoms with Gasteiger partial charge >= 0.3 is 12.1 Å². The molecule has 0 aliphatic rings. The predicted octanol–water partition coefficient (Wildman–Crippen LogP) is 3.09. The minimum Gasteiger partial charge on any atom is -0.351 e. The summed E-state index contributed by atoms with van der Waals surface area (Å²) in [6.07, 6.45) is 12.6. The number of halogens is 2. The molecule has 2 heterocycles. The molecule has 2 rings (SSSR count). The van der Waals surface area contributed by atoms with Crippen LogP contribution in [0.5, 0.6) is 0 Å². The van der Waals surface area contributed by atoms with E-state index in [9.17, 15) is 19.2 Å². The van der Waals surface area contributed by atoms with Crippen LogP contribution in [-0.2, 0) is 9.59 Å². The lowest BCUT2D eigenvalue weighted by Gasteiger charge is -2.21. The molecule has 0 aliphatic carbocycles. The number of hydrogen-bond donors (Lipinski definition) is 6. The lowest BCUT2D eigenvalue weighted by Crippen LogP contribution is -2.46. The highest BCUT2D eigenvalue weighted by molar-refractivity contribution is 9.10. The molecule has 0 saturated heterocycles. The average molecular weight is 610 g/mol. The van der Waals surface area contributed by atoms with Gasteiger partial charge in [-0.25, -0.2) is 19.6 Å². The lowest BCUT2D eigenvalue weighted by atomic mass is 10.0. The maximum atomic E-state index is 11.3. The number of carbonyl (C=O) groups excluding carboxylic acids is 4. The molecular weight excluding hydrogens is 576 g/mol. The number of aromatic nitrogens is 4. The molecule has 34 heavy (non-hydrogen) atoms. The van der Waals surface area contributed by atoms with Gasteiger partial charge in [-0.2, -0.15) is 0 Å². The molecule has 2 aromatic heterocycles. The molecular formula is C20H34Br2N8O4. The van der Waals surface area contributed by atoms with Crippen LogP contribution in [0.15, 0.2) is 37.4 Å². The second-order valence-corrected chi connectivity index (χ2v) is 9.54. The van der Waals surface area contributed by atoms with E-state index < -0.39 is 20.7 Å². The van der Waals surface area contributed by atoms with Crippen molar-refractivity contribution in [2.24, 2.45) is 11.5 Å². The Balaban J connectivity index is 0. The number of nitrogens with zero attached hydrogens (tertiary/aromatic N) is 2. The van der Waals surface area contributed by atoms with Crippen molar-refractivity contribution in [1.82, 2.24) is 30.6 Å². The average Bonchev–Trinajstić information content (AvgIpc) is 3.56. The molecule has 12 nitrogen and oxygen atoms in total. The monoisotopic (exact) mass is 608 g/mol. The molecule has 0 atom stereocenters. The third-order valence-electron chi connectivity index (χ3n) is 4.34. The second kappa shape index (κ2) is 18.7. The fraction of sp³-hybridized carbons (Fsp3) is 0.500. The van der Waals surface area contributed by atoms with Crippen LogP contribution in [0.25, 0.3) is 0 Å². The smallest absolute Gasteiger partial charge is 0.318 e. The van der Waals surface area contributed by atoms with Crippen molar-refractivity contribution >= 4 is 55.7 Å². The van der Waals surface area contributed by atoms with Gasteiger partial charge in [0.05, 0.1) is 12.7 Å². The summed E-state index contributed by atoms with van der Waals surface area (Å²) in [6.45, 7) is 7.44. The fourth-order valence-electron chi connectivity index (χ4n) is 2.02. The summed E-state index contributed by atoms with van der Waals surface area (Å²) < 4.78 is -1.33. The standard InChI is InChI=1S/2C7H13BrN2O2.2C3H4N2/c2*1-3-7(8,4-2)5(11)10-6(9)12;2*1-2-5-3-4-1/h2*3-4H2,1-2H3,(H3,9,10,11,12);2*1-3H,(H,4,5). The minimum atomic E-state index is -0.814. The SMILES string of the molecule is CCC(Br)(CC)C(=O)NC(N)=O.CCC(Br)(CC)C(=O)NC(N)=O.c1c[nH]cn1.c1c[nH]cn1. The molecule has 0 bridgehead atoms. The Hall–Kier alpha value is -2.74. The third kappa shape index (κ3) is 15.2. The molecule has 0 fully saturated rings. The quantitative estimate of drug-likeness (QED) is 0.271. The Morgan fingerprint density at radius 1 is 0.735 bits per heavy atom. The normalized spacial score (nSPS) is 10.1. The van der Waals surface area contributed by atoms with Crippen LogP contribution >= 0.6 is 31.9 Å². The number of alkyl halides is 2. The number of amides is 6. The minimum absolute atomic E-state index is 0.375. The van der Waals surface area contributed by atoms with Crippen LogP contribution in [0.3, 0.4) is 0 Å². The van der Waals surface area contributed by atoms with Gasteiger partial charge in [0, 0.05) is 24.8 Å². The number of carbonyl (C=O) groups is 4. The number of nitrogens with two attached hydrogens (primary N) is 2. The van der Waals surface area contributed by atoms with Crippen molar-refractivity contribution in [2.45, 2.75) is 62.0 Å². The van der Waals surface area contributed by atoms with Crippen molar-refractivity contribution in [3.63, 3.8) is 0 Å². The summed E-state index contributed by atoms with van der Waals surface area (Å²) in [5.41, 5.74) is 9.62. The van der Waals surface area contributed by atoms with Crippen LogP contribution in [0.1, 0.15) is 53.4 Å². The molecule has 192 valence electrons. The van der Waals surface area contributed by atoms with Gasteiger partial charge < -0.3 is 21.4 Å². The predicted molar refractivity (Wildman–Crippen MR) is 137 cm³/mol. The summed E-state index contributed by atoms with van der Waals surface area (Å²) in [5, 5.41) is 4.08. The molecule has 0 aliphatic heterocycles. The summed E-state index contributed by atoms with van der Waals surface area (Å²) in [7, 11) is 0. The van der Waals surface area contributed by atoms with E-state index in [1.54, 1.807) is 37.4 Å². The molecule has 0 saturated carbocycles. The van der Waals surface area contributed by atoms with Gasteiger partial charge in [-0.3, -0.25) is 20.2 Å². The van der Waals surface area contributed by atoms with Crippen LogP contribution < -0.4 is 22.1 Å². The van der Waals surface area contributed by atoms with Crippen LogP contribution in [-0.4, -0.2) is 52.5 Å². The van der Waals surface area contributed by atoms with Crippen LogP contribution in [0.4, 0.5) is 9.59 Å². The van der Waals surface area contributed by atoms with Crippen molar-refractivity contribution < 1.29 is 19.2 Å². The van der Waals surface area contributed by atoms with E-state index in [1.807, 2.05) is 38.3 Å². The highest BCUT2D eigenvalue weighted by atomic mass is 79.9. The summed E-state index contributed by atoms with van der Waals surface area (Å²) >= 11 is 6.51. The largest absolute Gasteiger partial charge is 0.351 e. The number of aromatic amines is 2. The van der Waals surface area contributed by atoms with Gasteiger partial charge in [-0.15, -0.1) is 0 Å². The van der Waals surface area contributed by atoms with Gasteiger partial charge in [0.1, 0.15) is 8.65 Å². The molecule has 0 aromatic carbocycles. The number of H-pyrrole nitrogens is 2. The Bertz CT molecular complexity index is 706. The molecule has 0 radical (unpaired) electrons. The van der Waals surface area contributed by atoms with Crippen LogP contribution in [0.2, 0.25) is 0 Å². The Kier molecular flexibility index (Phi) is 18.3. The Morgan fingerprint density at radius 3 is 1.15 bits per heavy atom. The Morgan fingerprint density at radius 2 is 1.03 bits per heavy atom. The van der Waals surface area contributed by atoms with E-state index >= 15 is 0 Å².